The Kier molecular flexibility index (Phi) is 5.55. The molecule has 0 spiro atoms. The number of benzene rings is 1. The lowest BCUT2D eigenvalue weighted by molar-refractivity contribution is -0.384. The highest BCUT2D eigenvalue weighted by Gasteiger charge is 2.15. The highest BCUT2D eigenvalue weighted by Crippen LogP contribution is 2.36. The number of alkyl halides is 1. The first-order chi connectivity index (χ1) is 8.06. The van der Waals surface area contributed by atoms with Gasteiger partial charge in [0.05, 0.1) is 15.0 Å². The van der Waals surface area contributed by atoms with Crippen LogP contribution in [0, 0.1) is 10.1 Å². The minimum atomic E-state index is -0.574. The zero-order chi connectivity index (χ0) is 12.8. The van der Waals surface area contributed by atoms with E-state index in [2.05, 4.69) is 0 Å². The Balaban J connectivity index is 2.86. The van der Waals surface area contributed by atoms with E-state index in [1.807, 2.05) is 0 Å². The zero-order valence-corrected chi connectivity index (χ0v) is 10.8. The summed E-state index contributed by atoms with van der Waals surface area (Å²) in [6.45, 7) is 0.240. The number of hydrogen-bond acceptors (Lipinski definition) is 3. The Morgan fingerprint density at radius 3 is 2.35 bits per heavy atom. The number of allylic oxidation sites excluding steroid dienone is 1. The smallest absolute Gasteiger partial charge is 0.272 e. The lowest BCUT2D eigenvalue weighted by Crippen LogP contribution is -1.96. The van der Waals surface area contributed by atoms with Crippen LogP contribution in [0.15, 0.2) is 24.3 Å². The molecular weight excluding hydrogens is 288 g/mol. The number of hydrogen-bond donors (Lipinski definition) is 0. The molecular formula is C10H8Cl3NO3. The second kappa shape index (κ2) is 6.69. The van der Waals surface area contributed by atoms with Crippen molar-refractivity contribution < 1.29 is 9.66 Å². The predicted molar refractivity (Wildman–Crippen MR) is 68.5 cm³/mol. The van der Waals surface area contributed by atoms with Crippen molar-refractivity contribution in [3.8, 4) is 5.75 Å². The number of halogens is 3. The maximum absolute atomic E-state index is 10.5. The molecule has 17 heavy (non-hydrogen) atoms. The molecule has 1 rings (SSSR count). The van der Waals surface area contributed by atoms with Crippen molar-refractivity contribution in [1.82, 2.24) is 0 Å². The Bertz CT molecular complexity index is 425. The summed E-state index contributed by atoms with van der Waals surface area (Å²) in [7, 11) is 0. The summed E-state index contributed by atoms with van der Waals surface area (Å²) in [5.41, 5.74) is -0.177. The van der Waals surface area contributed by atoms with E-state index < -0.39 is 4.92 Å². The van der Waals surface area contributed by atoms with E-state index in [4.69, 9.17) is 39.5 Å². The van der Waals surface area contributed by atoms with Gasteiger partial charge in [-0.2, -0.15) is 0 Å². The first-order valence-corrected chi connectivity index (χ1v) is 5.82. The predicted octanol–water partition coefficient (Wildman–Crippen LogP) is 4.08. The molecule has 0 atom stereocenters. The second-order valence-electron chi connectivity index (χ2n) is 2.93. The summed E-state index contributed by atoms with van der Waals surface area (Å²) in [5.74, 6) is 0.601. The first-order valence-electron chi connectivity index (χ1n) is 4.53. The maximum Gasteiger partial charge on any atom is 0.272 e. The molecule has 0 N–H and O–H groups in total. The molecule has 0 aliphatic heterocycles. The molecule has 92 valence electrons. The lowest BCUT2D eigenvalue weighted by Gasteiger charge is -2.07. The number of nitro benzene ring substituents is 1. The van der Waals surface area contributed by atoms with Crippen molar-refractivity contribution in [2.75, 3.05) is 12.5 Å². The van der Waals surface area contributed by atoms with Crippen LogP contribution in [0.2, 0.25) is 10.0 Å². The summed E-state index contributed by atoms with van der Waals surface area (Å²) < 4.78 is 5.27. The Morgan fingerprint density at radius 1 is 1.29 bits per heavy atom. The van der Waals surface area contributed by atoms with Crippen LogP contribution < -0.4 is 4.74 Å². The van der Waals surface area contributed by atoms with Crippen molar-refractivity contribution in [3.63, 3.8) is 0 Å². The van der Waals surface area contributed by atoms with Gasteiger partial charge in [-0.1, -0.05) is 35.4 Å². The fourth-order valence-corrected chi connectivity index (χ4v) is 1.76. The summed E-state index contributed by atoms with van der Waals surface area (Å²) in [4.78, 5) is 9.96. The maximum atomic E-state index is 10.5. The van der Waals surface area contributed by atoms with Gasteiger partial charge in [0.2, 0.25) is 0 Å². The van der Waals surface area contributed by atoms with Crippen LogP contribution in [0.3, 0.4) is 0 Å². The normalized spacial score (nSPS) is 10.8. The van der Waals surface area contributed by atoms with Gasteiger partial charge in [-0.3, -0.25) is 10.1 Å². The van der Waals surface area contributed by atoms with Crippen LogP contribution in [0.25, 0.3) is 0 Å². The topological polar surface area (TPSA) is 52.4 Å². The average molecular weight is 297 g/mol. The van der Waals surface area contributed by atoms with Gasteiger partial charge in [-0.25, -0.2) is 0 Å². The van der Waals surface area contributed by atoms with Crippen LogP contribution in [0.5, 0.6) is 5.75 Å². The molecule has 0 radical (unpaired) electrons. The van der Waals surface area contributed by atoms with E-state index in [0.29, 0.717) is 5.88 Å². The van der Waals surface area contributed by atoms with Crippen LogP contribution in [0.1, 0.15) is 0 Å². The number of non-ortho nitro benzene ring substituents is 1. The largest absolute Gasteiger partial charge is 0.486 e. The fraction of sp³-hybridized carbons (Fsp3) is 0.200. The molecule has 1 aromatic rings. The van der Waals surface area contributed by atoms with Crippen molar-refractivity contribution in [3.05, 3.63) is 44.4 Å². The van der Waals surface area contributed by atoms with Gasteiger partial charge < -0.3 is 4.74 Å². The summed E-state index contributed by atoms with van der Waals surface area (Å²) >= 11 is 17.1. The van der Waals surface area contributed by atoms with E-state index in [0.717, 1.165) is 0 Å². The van der Waals surface area contributed by atoms with Crippen LogP contribution in [-0.2, 0) is 0 Å². The molecule has 0 aliphatic rings. The third kappa shape index (κ3) is 4.07. The van der Waals surface area contributed by atoms with E-state index in [-0.39, 0.29) is 28.1 Å². The van der Waals surface area contributed by atoms with Crippen molar-refractivity contribution in [1.29, 1.82) is 0 Å². The van der Waals surface area contributed by atoms with Crippen LogP contribution in [-0.4, -0.2) is 17.4 Å². The fourth-order valence-electron chi connectivity index (χ4n) is 1.05. The van der Waals surface area contributed by atoms with Gasteiger partial charge in [-0.15, -0.1) is 11.6 Å². The molecule has 0 fully saturated rings. The number of nitro groups is 1. The van der Waals surface area contributed by atoms with Crippen molar-refractivity contribution >= 4 is 40.5 Å². The molecule has 0 aromatic heterocycles. The van der Waals surface area contributed by atoms with Crippen molar-refractivity contribution in [2.24, 2.45) is 0 Å². The molecule has 7 heteroatoms. The minimum absolute atomic E-state index is 0.100. The van der Waals surface area contributed by atoms with Crippen LogP contribution >= 0.6 is 34.8 Å². The molecule has 0 aliphatic carbocycles. The first kappa shape index (κ1) is 14.1. The number of ether oxygens (including phenoxy) is 1. The molecule has 0 heterocycles. The average Bonchev–Trinajstić information content (AvgIpc) is 2.26. The zero-order valence-electron chi connectivity index (χ0n) is 8.53. The third-order valence-electron chi connectivity index (χ3n) is 1.77. The molecule has 0 saturated carbocycles. The van der Waals surface area contributed by atoms with Gasteiger partial charge in [0.1, 0.15) is 6.61 Å². The van der Waals surface area contributed by atoms with Gasteiger partial charge in [-0.05, 0) is 0 Å². The molecule has 0 unspecified atom stereocenters. The molecule has 0 amide bonds. The summed E-state index contributed by atoms with van der Waals surface area (Å²) in [5, 5.41) is 10.7. The monoisotopic (exact) mass is 295 g/mol. The third-order valence-corrected chi connectivity index (χ3v) is 2.51. The van der Waals surface area contributed by atoms with E-state index in [1.54, 1.807) is 12.2 Å². The minimum Gasteiger partial charge on any atom is -0.486 e. The Morgan fingerprint density at radius 2 is 1.88 bits per heavy atom. The molecule has 4 nitrogen and oxygen atoms in total. The van der Waals surface area contributed by atoms with Crippen LogP contribution in [0.4, 0.5) is 5.69 Å². The summed E-state index contributed by atoms with van der Waals surface area (Å²) in [6, 6.07) is 2.38. The Hall–Kier alpha value is -0.970. The van der Waals surface area contributed by atoms with E-state index >= 15 is 0 Å². The highest BCUT2D eigenvalue weighted by molar-refractivity contribution is 6.37. The number of nitrogens with zero attached hydrogens (tertiary/aromatic N) is 1. The van der Waals surface area contributed by atoms with Gasteiger partial charge in [0.25, 0.3) is 5.69 Å². The lowest BCUT2D eigenvalue weighted by atomic mass is 10.3. The standard InChI is InChI=1S/C10H8Cl3NO3/c11-3-1-2-4-17-10-8(12)5-7(14(15)16)6-9(10)13/h1-2,5-6H,3-4H2. The van der Waals surface area contributed by atoms with E-state index in [9.17, 15) is 10.1 Å². The van der Waals surface area contributed by atoms with Gasteiger partial charge >= 0.3 is 0 Å². The molecule has 0 saturated heterocycles. The SMILES string of the molecule is O=[N+]([O-])c1cc(Cl)c(OCC=CCCl)c(Cl)c1. The second-order valence-corrected chi connectivity index (χ2v) is 4.06. The van der Waals surface area contributed by atoms with Gasteiger partial charge in [0.15, 0.2) is 5.75 Å². The van der Waals surface area contributed by atoms with E-state index in [1.165, 1.54) is 12.1 Å². The highest BCUT2D eigenvalue weighted by atomic mass is 35.5. The van der Waals surface area contributed by atoms with Gasteiger partial charge in [0, 0.05) is 18.0 Å². The summed E-state index contributed by atoms with van der Waals surface area (Å²) in [6.07, 6.45) is 3.40. The Labute approximate surface area is 113 Å². The molecule has 0 bridgehead atoms. The molecule has 1 aromatic carbocycles. The number of rotatable bonds is 5. The quantitative estimate of drug-likeness (QED) is 0.356. The van der Waals surface area contributed by atoms with Crippen molar-refractivity contribution in [2.45, 2.75) is 0 Å².